The van der Waals surface area contributed by atoms with Crippen molar-refractivity contribution in [1.82, 2.24) is 14.9 Å². The smallest absolute Gasteiger partial charge is 0.274 e. The Bertz CT molecular complexity index is 576. The van der Waals surface area contributed by atoms with Crippen LogP contribution in [-0.4, -0.2) is 52.0 Å². The van der Waals surface area contributed by atoms with E-state index in [0.717, 1.165) is 17.7 Å². The van der Waals surface area contributed by atoms with E-state index in [1.165, 1.54) is 12.4 Å². The minimum absolute atomic E-state index is 0.0409. The van der Waals surface area contributed by atoms with Gasteiger partial charge in [0.1, 0.15) is 17.9 Å². The molecule has 1 saturated carbocycles. The molecule has 2 N–H and O–H groups in total. The molecule has 0 unspecified atom stereocenters. The van der Waals surface area contributed by atoms with Crippen molar-refractivity contribution < 1.29 is 18.7 Å². The molecule has 1 aliphatic carbocycles. The van der Waals surface area contributed by atoms with Gasteiger partial charge in [0.25, 0.3) is 5.91 Å². The van der Waals surface area contributed by atoms with Crippen LogP contribution < -0.4 is 10.5 Å². The third kappa shape index (κ3) is 3.15. The minimum Gasteiger partial charge on any atom is -0.476 e. The summed E-state index contributed by atoms with van der Waals surface area (Å²) in [5, 5.41) is 0. The van der Waals surface area contributed by atoms with Crippen molar-refractivity contribution in [3.63, 3.8) is 0 Å². The lowest BCUT2D eigenvalue weighted by molar-refractivity contribution is -0.121. The van der Waals surface area contributed by atoms with Gasteiger partial charge in [-0.25, -0.2) is 14.4 Å². The second-order valence-corrected chi connectivity index (χ2v) is 5.70. The van der Waals surface area contributed by atoms with Crippen molar-refractivity contribution >= 4 is 11.8 Å². The number of likely N-dealkylation sites (tertiary alicyclic amines) is 1. The van der Waals surface area contributed by atoms with Crippen LogP contribution >= 0.6 is 0 Å². The zero-order valence-electron chi connectivity index (χ0n) is 11.9. The van der Waals surface area contributed by atoms with Gasteiger partial charge < -0.3 is 15.4 Å². The Balaban J connectivity index is 1.66. The lowest BCUT2D eigenvalue weighted by atomic mass is 10.2. The Morgan fingerprint density at radius 2 is 2.14 bits per heavy atom. The summed E-state index contributed by atoms with van der Waals surface area (Å²) in [7, 11) is 0. The quantitative estimate of drug-likeness (QED) is 0.843. The average Bonchev–Trinajstić information content (AvgIpc) is 3.25. The van der Waals surface area contributed by atoms with Crippen LogP contribution in [0.3, 0.4) is 0 Å². The van der Waals surface area contributed by atoms with E-state index in [-0.39, 0.29) is 18.7 Å². The second kappa shape index (κ2) is 5.86. The maximum absolute atomic E-state index is 13.4. The first-order valence-corrected chi connectivity index (χ1v) is 7.24. The van der Waals surface area contributed by atoms with Crippen LogP contribution in [-0.2, 0) is 4.79 Å². The largest absolute Gasteiger partial charge is 0.476 e. The number of rotatable bonds is 5. The van der Waals surface area contributed by atoms with E-state index >= 15 is 0 Å². The molecule has 1 saturated heterocycles. The van der Waals surface area contributed by atoms with Gasteiger partial charge in [0.15, 0.2) is 0 Å². The Morgan fingerprint density at radius 3 is 2.73 bits per heavy atom. The Labute approximate surface area is 126 Å². The van der Waals surface area contributed by atoms with Gasteiger partial charge in [-0.05, 0) is 18.8 Å². The van der Waals surface area contributed by atoms with Crippen LogP contribution in [0.25, 0.3) is 0 Å². The molecule has 2 aliphatic rings. The molecule has 1 aliphatic heterocycles. The van der Waals surface area contributed by atoms with Gasteiger partial charge in [-0.2, -0.15) is 0 Å². The number of primary amides is 1. The maximum atomic E-state index is 13.4. The molecule has 0 aromatic carbocycles. The average molecular weight is 308 g/mol. The normalized spacial score (nSPS) is 24.3. The van der Waals surface area contributed by atoms with E-state index in [1.54, 1.807) is 0 Å². The van der Waals surface area contributed by atoms with Crippen LogP contribution in [0.1, 0.15) is 29.8 Å². The number of halogens is 1. The van der Waals surface area contributed by atoms with Gasteiger partial charge in [0, 0.05) is 6.42 Å². The Kier molecular flexibility index (Phi) is 3.91. The minimum atomic E-state index is -1.25. The summed E-state index contributed by atoms with van der Waals surface area (Å²) in [6.45, 7) is 0.440. The highest BCUT2D eigenvalue weighted by atomic mass is 19.1. The Morgan fingerprint density at radius 1 is 1.36 bits per heavy atom. The zero-order chi connectivity index (χ0) is 15.7. The molecule has 2 atom stereocenters. The summed E-state index contributed by atoms with van der Waals surface area (Å²) in [4.78, 5) is 32.7. The molecular formula is C14H17FN4O3. The summed E-state index contributed by atoms with van der Waals surface area (Å²) < 4.78 is 18.9. The maximum Gasteiger partial charge on any atom is 0.274 e. The number of aromatic nitrogens is 2. The van der Waals surface area contributed by atoms with Crippen molar-refractivity contribution in [3.05, 3.63) is 18.1 Å². The molecular weight excluding hydrogens is 291 g/mol. The lowest BCUT2D eigenvalue weighted by Gasteiger charge is -2.21. The predicted molar refractivity (Wildman–Crippen MR) is 73.8 cm³/mol. The first-order valence-electron chi connectivity index (χ1n) is 7.24. The summed E-state index contributed by atoms with van der Waals surface area (Å²) in [5.41, 5.74) is 5.25. The molecule has 8 heteroatoms. The first-order chi connectivity index (χ1) is 10.5. The number of carbonyl (C=O) groups is 2. The Hall–Kier alpha value is -2.25. The van der Waals surface area contributed by atoms with Crippen molar-refractivity contribution in [3.8, 4) is 5.88 Å². The number of hydrogen-bond acceptors (Lipinski definition) is 5. The van der Waals surface area contributed by atoms with Gasteiger partial charge >= 0.3 is 0 Å². The number of nitrogens with two attached hydrogens (primary N) is 1. The molecule has 22 heavy (non-hydrogen) atoms. The van der Waals surface area contributed by atoms with E-state index in [9.17, 15) is 14.0 Å². The summed E-state index contributed by atoms with van der Waals surface area (Å²) in [6.07, 6.45) is 3.63. The van der Waals surface area contributed by atoms with Gasteiger partial charge in [0.2, 0.25) is 11.8 Å². The topological polar surface area (TPSA) is 98.4 Å². The number of nitrogens with zero attached hydrogens (tertiary/aromatic N) is 3. The number of alkyl halides is 1. The molecule has 1 aromatic heterocycles. The van der Waals surface area contributed by atoms with E-state index < -0.39 is 24.0 Å². The van der Waals surface area contributed by atoms with Crippen molar-refractivity contribution in [2.75, 3.05) is 13.2 Å². The molecule has 7 nitrogen and oxygen atoms in total. The molecule has 0 radical (unpaired) electrons. The van der Waals surface area contributed by atoms with E-state index in [1.807, 2.05) is 0 Å². The highest BCUT2D eigenvalue weighted by Gasteiger charge is 2.39. The van der Waals surface area contributed by atoms with Crippen molar-refractivity contribution in [2.24, 2.45) is 11.7 Å². The lowest BCUT2D eigenvalue weighted by Crippen LogP contribution is -2.44. The van der Waals surface area contributed by atoms with Crippen LogP contribution in [0, 0.1) is 5.92 Å². The zero-order valence-corrected chi connectivity index (χ0v) is 11.9. The monoisotopic (exact) mass is 308 g/mol. The van der Waals surface area contributed by atoms with E-state index in [4.69, 9.17) is 10.5 Å². The molecule has 1 aromatic rings. The van der Waals surface area contributed by atoms with Gasteiger partial charge in [-0.15, -0.1) is 0 Å². The molecule has 118 valence electrons. The molecule has 2 heterocycles. The fourth-order valence-corrected chi connectivity index (χ4v) is 2.41. The molecule has 2 fully saturated rings. The fourth-order valence-electron chi connectivity index (χ4n) is 2.41. The third-order valence-electron chi connectivity index (χ3n) is 3.85. The standard InChI is InChI=1S/C14H17FN4O3/c15-9-3-11(13(16)20)19(6-9)14(21)10-4-18-12(5-17-10)22-7-8-1-2-8/h4-5,8-9,11H,1-3,6-7H2,(H2,16,20)/t9-,11+/m1/s1. The van der Waals surface area contributed by atoms with Gasteiger partial charge in [-0.3, -0.25) is 9.59 Å². The van der Waals surface area contributed by atoms with Crippen molar-refractivity contribution in [2.45, 2.75) is 31.5 Å². The predicted octanol–water partition coefficient (Wildman–Crippen LogP) is 0.303. The summed E-state index contributed by atoms with van der Waals surface area (Å²) >= 11 is 0. The second-order valence-electron chi connectivity index (χ2n) is 5.70. The van der Waals surface area contributed by atoms with Crippen LogP contribution in [0.4, 0.5) is 4.39 Å². The highest BCUT2D eigenvalue weighted by Crippen LogP contribution is 2.29. The molecule has 2 amide bonds. The fraction of sp³-hybridized carbons (Fsp3) is 0.571. The van der Waals surface area contributed by atoms with Crippen molar-refractivity contribution in [1.29, 1.82) is 0 Å². The number of amides is 2. The van der Waals surface area contributed by atoms with Gasteiger partial charge in [0.05, 0.1) is 25.5 Å². The first kappa shape index (κ1) is 14.7. The highest BCUT2D eigenvalue weighted by molar-refractivity contribution is 5.96. The molecule has 3 rings (SSSR count). The van der Waals surface area contributed by atoms with Crippen LogP contribution in [0.15, 0.2) is 12.4 Å². The number of ether oxygens (including phenoxy) is 1. The SMILES string of the molecule is NC(=O)[C@@H]1C[C@@H](F)CN1C(=O)c1cnc(OCC2CC2)cn1. The summed E-state index contributed by atoms with van der Waals surface area (Å²) in [5.74, 6) is -0.332. The van der Waals surface area contributed by atoms with E-state index in [0.29, 0.717) is 18.4 Å². The molecule has 0 bridgehead atoms. The number of carbonyl (C=O) groups excluding carboxylic acids is 2. The molecule has 0 spiro atoms. The van der Waals surface area contributed by atoms with E-state index in [2.05, 4.69) is 9.97 Å². The summed E-state index contributed by atoms with van der Waals surface area (Å²) in [6, 6.07) is -0.935. The van der Waals surface area contributed by atoms with Crippen LogP contribution in [0.2, 0.25) is 0 Å². The number of hydrogen-bond donors (Lipinski definition) is 1. The third-order valence-corrected chi connectivity index (χ3v) is 3.85. The van der Waals surface area contributed by atoms with Gasteiger partial charge in [-0.1, -0.05) is 0 Å². The van der Waals surface area contributed by atoms with Crippen LogP contribution in [0.5, 0.6) is 5.88 Å².